The predicted molar refractivity (Wildman–Crippen MR) is 78.1 cm³/mol. The van der Waals surface area contributed by atoms with Gasteiger partial charge in [0.05, 0.1) is 16.4 Å². The number of carbonyl (C=O) groups excluding carboxylic acids is 1. The molecule has 0 aliphatic carbocycles. The van der Waals surface area contributed by atoms with Crippen LogP contribution in [0.25, 0.3) is 0 Å². The van der Waals surface area contributed by atoms with Crippen LogP contribution < -0.4 is 0 Å². The third-order valence-electron chi connectivity index (χ3n) is 3.43. The first-order chi connectivity index (χ1) is 8.56. The molecule has 0 bridgehead atoms. The van der Waals surface area contributed by atoms with E-state index in [4.69, 9.17) is 23.2 Å². The normalized spacial score (nSPS) is 21.8. The van der Waals surface area contributed by atoms with Crippen molar-refractivity contribution in [1.82, 2.24) is 4.90 Å². The lowest BCUT2D eigenvalue weighted by atomic mass is 10.0. The summed E-state index contributed by atoms with van der Waals surface area (Å²) >= 11 is 13.1. The molecule has 0 aromatic carbocycles. The van der Waals surface area contributed by atoms with E-state index in [1.54, 1.807) is 6.07 Å². The minimum Gasteiger partial charge on any atom is -0.296 e. The Kier molecular flexibility index (Phi) is 5.07. The van der Waals surface area contributed by atoms with E-state index in [1.165, 1.54) is 30.6 Å². The molecule has 1 aliphatic rings. The van der Waals surface area contributed by atoms with E-state index < -0.39 is 0 Å². The lowest BCUT2D eigenvalue weighted by Crippen LogP contribution is -2.30. The van der Waals surface area contributed by atoms with Gasteiger partial charge in [-0.05, 0) is 44.3 Å². The average molecular weight is 306 g/mol. The fraction of sp³-hybridized carbons (Fsp3) is 0.615. The number of halogens is 2. The Hall–Kier alpha value is -0.0900. The molecule has 0 spiro atoms. The second-order valence-electron chi connectivity index (χ2n) is 4.97. The SMILES string of the molecule is CC1CCCN(CC(=O)c2cc(Cl)sc2Cl)CC1. The Morgan fingerprint density at radius 3 is 2.89 bits per heavy atom. The van der Waals surface area contributed by atoms with E-state index in [0.717, 1.165) is 19.0 Å². The van der Waals surface area contributed by atoms with Crippen molar-refractivity contribution in [2.75, 3.05) is 19.6 Å². The molecular weight excluding hydrogens is 289 g/mol. The Morgan fingerprint density at radius 2 is 2.22 bits per heavy atom. The fourth-order valence-corrected chi connectivity index (χ4v) is 3.80. The molecule has 2 rings (SSSR count). The molecule has 0 saturated carbocycles. The van der Waals surface area contributed by atoms with Crippen molar-refractivity contribution in [3.63, 3.8) is 0 Å². The molecule has 1 unspecified atom stereocenters. The highest BCUT2D eigenvalue weighted by molar-refractivity contribution is 7.20. The maximum atomic E-state index is 12.2. The molecule has 1 atom stereocenters. The van der Waals surface area contributed by atoms with Crippen LogP contribution in [-0.4, -0.2) is 30.3 Å². The molecule has 18 heavy (non-hydrogen) atoms. The van der Waals surface area contributed by atoms with Crippen molar-refractivity contribution in [1.29, 1.82) is 0 Å². The van der Waals surface area contributed by atoms with Gasteiger partial charge in [0.25, 0.3) is 0 Å². The van der Waals surface area contributed by atoms with Crippen LogP contribution in [0, 0.1) is 5.92 Å². The van der Waals surface area contributed by atoms with Crippen LogP contribution >= 0.6 is 34.5 Å². The summed E-state index contributed by atoms with van der Waals surface area (Å²) in [5.41, 5.74) is 0.573. The van der Waals surface area contributed by atoms with Crippen molar-refractivity contribution in [2.24, 2.45) is 5.92 Å². The summed E-state index contributed by atoms with van der Waals surface area (Å²) in [6.07, 6.45) is 3.60. The smallest absolute Gasteiger partial charge is 0.179 e. The predicted octanol–water partition coefficient (Wildman–Crippen LogP) is 4.36. The molecule has 0 radical (unpaired) electrons. The van der Waals surface area contributed by atoms with Gasteiger partial charge in [-0.15, -0.1) is 11.3 Å². The highest BCUT2D eigenvalue weighted by Gasteiger charge is 2.19. The molecule has 1 aromatic heterocycles. The number of Topliss-reactive ketones (excluding diaryl/α,β-unsaturated/α-hetero) is 1. The third kappa shape index (κ3) is 3.70. The second kappa shape index (κ2) is 6.38. The number of nitrogens with zero attached hydrogens (tertiary/aromatic N) is 1. The minimum atomic E-state index is 0.0812. The van der Waals surface area contributed by atoms with Crippen molar-refractivity contribution >= 4 is 40.3 Å². The van der Waals surface area contributed by atoms with E-state index in [0.29, 0.717) is 20.8 Å². The molecule has 0 amide bonds. The quantitative estimate of drug-likeness (QED) is 0.773. The zero-order valence-corrected chi connectivity index (χ0v) is 12.7. The summed E-state index contributed by atoms with van der Waals surface area (Å²) in [5, 5.41) is 0. The molecule has 2 nitrogen and oxygen atoms in total. The van der Waals surface area contributed by atoms with Crippen molar-refractivity contribution in [2.45, 2.75) is 26.2 Å². The summed E-state index contributed by atoms with van der Waals surface area (Å²) in [7, 11) is 0. The van der Waals surface area contributed by atoms with Crippen LogP contribution in [0.5, 0.6) is 0 Å². The molecular formula is C13H17Cl2NOS. The van der Waals surface area contributed by atoms with Crippen molar-refractivity contribution in [3.05, 3.63) is 20.3 Å². The molecule has 1 fully saturated rings. The number of hydrogen-bond donors (Lipinski definition) is 0. The van der Waals surface area contributed by atoms with Crippen LogP contribution in [0.3, 0.4) is 0 Å². The maximum absolute atomic E-state index is 12.2. The van der Waals surface area contributed by atoms with Crippen LogP contribution in [0.4, 0.5) is 0 Å². The summed E-state index contributed by atoms with van der Waals surface area (Å²) in [6, 6.07) is 1.68. The Balaban J connectivity index is 1.96. The highest BCUT2D eigenvalue weighted by Crippen LogP contribution is 2.31. The van der Waals surface area contributed by atoms with Crippen molar-refractivity contribution in [3.8, 4) is 0 Å². The van der Waals surface area contributed by atoms with Gasteiger partial charge in [-0.3, -0.25) is 9.69 Å². The van der Waals surface area contributed by atoms with Crippen molar-refractivity contribution < 1.29 is 4.79 Å². The third-order valence-corrected chi connectivity index (χ3v) is 4.92. The Labute approximate surface area is 122 Å². The molecule has 1 aliphatic heterocycles. The summed E-state index contributed by atoms with van der Waals surface area (Å²) < 4.78 is 1.08. The first-order valence-electron chi connectivity index (χ1n) is 6.26. The molecule has 1 aromatic rings. The van der Waals surface area contributed by atoms with Crippen LogP contribution in [0.2, 0.25) is 8.67 Å². The first-order valence-corrected chi connectivity index (χ1v) is 7.84. The summed E-state index contributed by atoms with van der Waals surface area (Å²) in [6.45, 7) is 4.74. The van der Waals surface area contributed by atoms with E-state index in [1.807, 2.05) is 0 Å². The number of rotatable bonds is 3. The molecule has 0 N–H and O–H groups in total. The number of likely N-dealkylation sites (tertiary alicyclic amines) is 1. The molecule has 1 saturated heterocycles. The van der Waals surface area contributed by atoms with Gasteiger partial charge in [0, 0.05) is 0 Å². The number of thiophene rings is 1. The zero-order valence-electron chi connectivity index (χ0n) is 10.4. The summed E-state index contributed by atoms with van der Waals surface area (Å²) in [5.74, 6) is 0.849. The lowest BCUT2D eigenvalue weighted by molar-refractivity contribution is 0.0933. The number of hydrogen-bond acceptors (Lipinski definition) is 3. The fourth-order valence-electron chi connectivity index (χ4n) is 2.30. The van der Waals surface area contributed by atoms with Gasteiger partial charge in [-0.2, -0.15) is 0 Å². The van der Waals surface area contributed by atoms with E-state index in [-0.39, 0.29) is 5.78 Å². The highest BCUT2D eigenvalue weighted by atomic mass is 35.5. The van der Waals surface area contributed by atoms with Gasteiger partial charge in [0.1, 0.15) is 4.34 Å². The molecule has 100 valence electrons. The van der Waals surface area contributed by atoms with E-state index >= 15 is 0 Å². The Bertz CT molecular complexity index is 433. The van der Waals surface area contributed by atoms with E-state index in [2.05, 4.69) is 11.8 Å². The van der Waals surface area contributed by atoms with Crippen LogP contribution in [0.15, 0.2) is 6.07 Å². The number of carbonyl (C=O) groups is 1. The molecule has 2 heterocycles. The summed E-state index contributed by atoms with van der Waals surface area (Å²) in [4.78, 5) is 14.4. The monoisotopic (exact) mass is 305 g/mol. The van der Waals surface area contributed by atoms with Gasteiger partial charge >= 0.3 is 0 Å². The lowest BCUT2D eigenvalue weighted by Gasteiger charge is -2.18. The zero-order chi connectivity index (χ0) is 13.1. The second-order valence-corrected chi connectivity index (χ2v) is 7.26. The van der Waals surface area contributed by atoms with Crippen LogP contribution in [-0.2, 0) is 0 Å². The topological polar surface area (TPSA) is 20.3 Å². The minimum absolute atomic E-state index is 0.0812. The van der Waals surface area contributed by atoms with Gasteiger partial charge in [-0.25, -0.2) is 0 Å². The average Bonchev–Trinajstić information content (AvgIpc) is 2.51. The van der Waals surface area contributed by atoms with Gasteiger partial charge in [0.2, 0.25) is 0 Å². The maximum Gasteiger partial charge on any atom is 0.179 e. The first kappa shape index (κ1) is 14.3. The van der Waals surface area contributed by atoms with Gasteiger partial charge in [-0.1, -0.05) is 30.1 Å². The van der Waals surface area contributed by atoms with Gasteiger partial charge in [0.15, 0.2) is 5.78 Å². The van der Waals surface area contributed by atoms with Gasteiger partial charge < -0.3 is 0 Å². The van der Waals surface area contributed by atoms with Crippen LogP contribution in [0.1, 0.15) is 36.5 Å². The molecule has 5 heteroatoms. The Morgan fingerprint density at radius 1 is 1.44 bits per heavy atom. The van der Waals surface area contributed by atoms with E-state index in [9.17, 15) is 4.79 Å². The standard InChI is InChI=1S/C13H17Cl2NOS/c1-9-3-2-5-16(6-4-9)8-11(17)10-7-12(14)18-13(10)15/h7,9H,2-6,8H2,1H3. The largest absolute Gasteiger partial charge is 0.296 e. The number of ketones is 1.